The van der Waals surface area contributed by atoms with E-state index in [9.17, 15) is 14.4 Å². The molecule has 5 rings (SSSR count). The van der Waals surface area contributed by atoms with Crippen LogP contribution in [0.2, 0.25) is 10.0 Å². The van der Waals surface area contributed by atoms with Crippen molar-refractivity contribution in [3.8, 4) is 11.5 Å². The Morgan fingerprint density at radius 1 is 0.780 bits per heavy atom. The standard InChI is InChI=1S/C31H21BrCl2N2O5/c32-22-6-13-28(41-18-20-2-1-3-24(34)14-20)21(15-22)16-27-29(37)35-31(39)36(30(27)38)25-9-11-26(12-10-25)40-17-19-4-7-23(33)8-5-19/h1-16H,17-18H2,(H,35,37,39)/b27-16+. The summed E-state index contributed by atoms with van der Waals surface area (Å²) >= 11 is 15.4. The lowest BCUT2D eigenvalue weighted by atomic mass is 10.1. The molecule has 1 aliphatic rings. The molecule has 0 bridgehead atoms. The Kier molecular flexibility index (Phi) is 8.73. The smallest absolute Gasteiger partial charge is 0.335 e. The number of nitrogens with one attached hydrogen (secondary N) is 1. The van der Waals surface area contributed by atoms with Gasteiger partial charge in [-0.2, -0.15) is 0 Å². The van der Waals surface area contributed by atoms with Gasteiger partial charge >= 0.3 is 6.03 Å². The molecule has 1 N–H and O–H groups in total. The second kappa shape index (κ2) is 12.6. The van der Waals surface area contributed by atoms with E-state index in [2.05, 4.69) is 21.2 Å². The first-order valence-corrected chi connectivity index (χ1v) is 13.9. The maximum absolute atomic E-state index is 13.5. The number of hydrogen-bond acceptors (Lipinski definition) is 5. The van der Waals surface area contributed by atoms with E-state index in [1.165, 1.54) is 6.08 Å². The Hall–Kier alpha value is -4.11. The van der Waals surface area contributed by atoms with Gasteiger partial charge in [0.15, 0.2) is 0 Å². The number of ether oxygens (including phenoxy) is 2. The zero-order valence-corrected chi connectivity index (χ0v) is 24.4. The topological polar surface area (TPSA) is 84.9 Å². The molecule has 1 fully saturated rings. The summed E-state index contributed by atoms with van der Waals surface area (Å²) in [4.78, 5) is 39.8. The Morgan fingerprint density at radius 2 is 1.51 bits per heavy atom. The molecule has 1 heterocycles. The zero-order chi connectivity index (χ0) is 28.9. The number of carbonyl (C=O) groups excluding carboxylic acids is 3. The number of anilines is 1. The average molecular weight is 652 g/mol. The van der Waals surface area contributed by atoms with Crippen molar-refractivity contribution >= 4 is 68.7 Å². The van der Waals surface area contributed by atoms with Crippen molar-refractivity contribution in [2.24, 2.45) is 0 Å². The van der Waals surface area contributed by atoms with Crippen molar-refractivity contribution in [3.05, 3.63) is 128 Å². The van der Waals surface area contributed by atoms with Gasteiger partial charge in [-0.05, 0) is 83.9 Å². The van der Waals surface area contributed by atoms with Crippen LogP contribution < -0.4 is 19.7 Å². The number of rotatable bonds is 8. The quantitative estimate of drug-likeness (QED) is 0.157. The molecule has 7 nitrogen and oxygen atoms in total. The van der Waals surface area contributed by atoms with Gasteiger partial charge in [0.1, 0.15) is 30.3 Å². The Bertz CT molecular complexity index is 1660. The number of barbiturate groups is 1. The number of halogens is 3. The van der Waals surface area contributed by atoms with Crippen LogP contribution in [-0.4, -0.2) is 17.8 Å². The van der Waals surface area contributed by atoms with Gasteiger partial charge in [0.2, 0.25) is 0 Å². The van der Waals surface area contributed by atoms with Crippen LogP contribution in [-0.2, 0) is 22.8 Å². The minimum Gasteiger partial charge on any atom is -0.489 e. The number of carbonyl (C=O) groups is 3. The number of hydrogen-bond donors (Lipinski definition) is 1. The summed E-state index contributed by atoms with van der Waals surface area (Å²) in [5.41, 5.74) is 2.30. The van der Waals surface area contributed by atoms with E-state index in [1.807, 2.05) is 24.3 Å². The molecule has 0 radical (unpaired) electrons. The van der Waals surface area contributed by atoms with E-state index in [1.54, 1.807) is 66.7 Å². The summed E-state index contributed by atoms with van der Waals surface area (Å²) in [6.07, 6.45) is 1.40. The van der Waals surface area contributed by atoms with Gasteiger partial charge in [0.25, 0.3) is 11.8 Å². The van der Waals surface area contributed by atoms with Gasteiger partial charge in [-0.25, -0.2) is 9.69 Å². The molecule has 1 saturated heterocycles. The molecule has 4 aromatic carbocycles. The monoisotopic (exact) mass is 650 g/mol. The summed E-state index contributed by atoms with van der Waals surface area (Å²) in [6.45, 7) is 0.533. The molecule has 0 unspecified atom stereocenters. The van der Waals surface area contributed by atoms with Gasteiger partial charge in [-0.1, -0.05) is 63.4 Å². The molecule has 41 heavy (non-hydrogen) atoms. The summed E-state index contributed by atoms with van der Waals surface area (Å²) < 4.78 is 12.5. The van der Waals surface area contributed by atoms with Crippen molar-refractivity contribution < 1.29 is 23.9 Å². The third-order valence-electron chi connectivity index (χ3n) is 6.07. The fraction of sp³-hybridized carbons (Fsp3) is 0.0645. The van der Waals surface area contributed by atoms with Gasteiger partial charge in [0.05, 0.1) is 5.69 Å². The van der Waals surface area contributed by atoms with E-state index in [0.29, 0.717) is 38.2 Å². The molecule has 0 spiro atoms. The van der Waals surface area contributed by atoms with Crippen LogP contribution in [0.5, 0.6) is 11.5 Å². The highest BCUT2D eigenvalue weighted by Crippen LogP contribution is 2.29. The van der Waals surface area contributed by atoms with Crippen molar-refractivity contribution in [1.29, 1.82) is 0 Å². The van der Waals surface area contributed by atoms with Gasteiger partial charge in [0, 0.05) is 20.1 Å². The first kappa shape index (κ1) is 28.4. The highest BCUT2D eigenvalue weighted by Gasteiger charge is 2.37. The maximum Gasteiger partial charge on any atom is 0.335 e. The second-order valence-corrected chi connectivity index (χ2v) is 10.8. The highest BCUT2D eigenvalue weighted by atomic mass is 79.9. The zero-order valence-electron chi connectivity index (χ0n) is 21.3. The molecule has 0 aliphatic carbocycles. The number of nitrogens with zero attached hydrogens (tertiary/aromatic N) is 1. The van der Waals surface area contributed by atoms with E-state index < -0.39 is 17.8 Å². The lowest BCUT2D eigenvalue weighted by Crippen LogP contribution is -2.54. The largest absolute Gasteiger partial charge is 0.489 e. The van der Waals surface area contributed by atoms with Gasteiger partial charge < -0.3 is 9.47 Å². The first-order chi connectivity index (χ1) is 19.8. The van der Waals surface area contributed by atoms with E-state index in [4.69, 9.17) is 32.7 Å². The minimum atomic E-state index is -0.848. The maximum atomic E-state index is 13.5. The molecule has 10 heteroatoms. The van der Waals surface area contributed by atoms with Crippen molar-refractivity contribution in [1.82, 2.24) is 5.32 Å². The minimum absolute atomic E-state index is 0.218. The van der Waals surface area contributed by atoms with Gasteiger partial charge in [-0.15, -0.1) is 0 Å². The molecular weight excluding hydrogens is 631 g/mol. The Morgan fingerprint density at radius 3 is 2.24 bits per heavy atom. The van der Waals surface area contributed by atoms with E-state index in [-0.39, 0.29) is 17.9 Å². The predicted molar refractivity (Wildman–Crippen MR) is 161 cm³/mol. The van der Waals surface area contributed by atoms with Crippen LogP contribution in [0.3, 0.4) is 0 Å². The molecule has 0 saturated carbocycles. The SMILES string of the molecule is O=C1NC(=O)N(c2ccc(OCc3ccc(Cl)cc3)cc2)C(=O)/C1=C/c1cc(Br)ccc1OCc1cccc(Cl)c1. The fourth-order valence-electron chi connectivity index (χ4n) is 4.04. The molecular formula is C31H21BrCl2N2O5. The molecule has 206 valence electrons. The lowest BCUT2D eigenvalue weighted by Gasteiger charge is -2.26. The summed E-state index contributed by atoms with van der Waals surface area (Å²) in [7, 11) is 0. The van der Waals surface area contributed by atoms with Crippen LogP contribution in [0.4, 0.5) is 10.5 Å². The third kappa shape index (κ3) is 6.97. The van der Waals surface area contributed by atoms with Gasteiger partial charge in [-0.3, -0.25) is 14.9 Å². The molecule has 0 aromatic heterocycles. The highest BCUT2D eigenvalue weighted by molar-refractivity contribution is 9.10. The van der Waals surface area contributed by atoms with Crippen LogP contribution in [0.1, 0.15) is 16.7 Å². The fourth-order valence-corrected chi connectivity index (χ4v) is 4.76. The number of imide groups is 2. The van der Waals surface area contributed by atoms with Crippen LogP contribution >= 0.6 is 39.1 Å². The molecule has 1 aliphatic heterocycles. The number of urea groups is 1. The van der Waals surface area contributed by atoms with Crippen molar-refractivity contribution in [2.75, 3.05) is 4.90 Å². The molecule has 4 aromatic rings. The Labute approximate surface area is 254 Å². The van der Waals surface area contributed by atoms with Crippen LogP contribution in [0, 0.1) is 0 Å². The lowest BCUT2D eigenvalue weighted by molar-refractivity contribution is -0.122. The van der Waals surface area contributed by atoms with Crippen LogP contribution in [0.25, 0.3) is 6.08 Å². The van der Waals surface area contributed by atoms with E-state index in [0.717, 1.165) is 16.0 Å². The second-order valence-electron chi connectivity index (χ2n) is 8.97. The van der Waals surface area contributed by atoms with Crippen molar-refractivity contribution in [3.63, 3.8) is 0 Å². The first-order valence-electron chi connectivity index (χ1n) is 12.3. The predicted octanol–water partition coefficient (Wildman–Crippen LogP) is 7.58. The van der Waals surface area contributed by atoms with Crippen molar-refractivity contribution in [2.45, 2.75) is 13.2 Å². The molecule has 0 atom stereocenters. The van der Waals surface area contributed by atoms with Crippen LogP contribution in [0.15, 0.2) is 101 Å². The van der Waals surface area contributed by atoms with E-state index >= 15 is 0 Å². The molecule has 4 amide bonds. The number of amides is 4. The third-order valence-corrected chi connectivity index (χ3v) is 7.05. The number of benzene rings is 4. The normalized spacial score (nSPS) is 14.3. The summed E-state index contributed by atoms with van der Waals surface area (Å²) in [5.74, 6) is -0.600. The summed E-state index contributed by atoms with van der Waals surface area (Å²) in [6, 6.07) is 25.3. The average Bonchev–Trinajstić information content (AvgIpc) is 2.95. The Balaban J connectivity index is 1.35. The summed E-state index contributed by atoms with van der Waals surface area (Å²) in [5, 5.41) is 3.46.